The van der Waals surface area contributed by atoms with Gasteiger partial charge in [0.05, 0.1) is 28.6 Å². The summed E-state index contributed by atoms with van der Waals surface area (Å²) in [5.41, 5.74) is 1.43. The Hall–Kier alpha value is -3.71. The number of halogens is 3. The summed E-state index contributed by atoms with van der Waals surface area (Å²) in [6.07, 6.45) is 4.94. The Morgan fingerprint density at radius 2 is 1.41 bits per heavy atom. The highest BCUT2D eigenvalue weighted by Crippen LogP contribution is 2.48. The molecule has 0 aromatic heterocycles. The third-order valence-corrected chi connectivity index (χ3v) is 8.18. The lowest BCUT2D eigenvalue weighted by Gasteiger charge is -2.33. The lowest BCUT2D eigenvalue weighted by atomic mass is 9.85. The topological polar surface area (TPSA) is 74.8 Å². The van der Waals surface area contributed by atoms with Crippen LogP contribution in [-0.2, 0) is 9.59 Å². The molecular formula is C30H19Cl3N2O4. The molecule has 0 N–H and O–H groups in total. The van der Waals surface area contributed by atoms with Crippen LogP contribution in [0.15, 0.2) is 96.7 Å². The minimum atomic E-state index is -0.996. The van der Waals surface area contributed by atoms with E-state index < -0.39 is 35.7 Å². The molecule has 0 bridgehead atoms. The molecule has 3 aromatic rings. The molecule has 0 saturated carbocycles. The maximum atomic E-state index is 13.9. The summed E-state index contributed by atoms with van der Waals surface area (Å²) in [7, 11) is 0. The number of nitrogens with zero attached hydrogens (tertiary/aromatic N) is 2. The molecule has 194 valence electrons. The fourth-order valence-corrected chi connectivity index (χ4v) is 6.26. The van der Waals surface area contributed by atoms with Crippen LogP contribution < -0.4 is 4.90 Å². The van der Waals surface area contributed by atoms with Crippen molar-refractivity contribution in [2.45, 2.75) is 12.1 Å². The number of rotatable bonds is 5. The van der Waals surface area contributed by atoms with Gasteiger partial charge >= 0.3 is 0 Å². The molecule has 0 spiro atoms. The Morgan fingerprint density at radius 1 is 0.744 bits per heavy atom. The molecule has 2 saturated heterocycles. The van der Waals surface area contributed by atoms with Crippen molar-refractivity contribution < 1.29 is 19.2 Å². The van der Waals surface area contributed by atoms with Crippen LogP contribution in [0, 0.1) is 11.8 Å². The quantitative estimate of drug-likeness (QED) is 0.274. The number of Topliss-reactive ketones (excluding diaryl/α,β-unsaturated/α-hetero) is 2. The third-order valence-electron chi connectivity index (χ3n) is 7.39. The van der Waals surface area contributed by atoms with Crippen LogP contribution in [0.4, 0.5) is 5.69 Å². The van der Waals surface area contributed by atoms with E-state index in [2.05, 4.69) is 0 Å². The molecule has 0 unspecified atom stereocenters. The van der Waals surface area contributed by atoms with Crippen LogP contribution >= 0.6 is 34.8 Å². The maximum absolute atomic E-state index is 13.9. The van der Waals surface area contributed by atoms with Crippen molar-refractivity contribution >= 4 is 63.9 Å². The first-order chi connectivity index (χ1) is 18.8. The van der Waals surface area contributed by atoms with Gasteiger partial charge in [0.15, 0.2) is 11.6 Å². The van der Waals surface area contributed by atoms with E-state index in [1.165, 1.54) is 12.1 Å². The summed E-state index contributed by atoms with van der Waals surface area (Å²) < 4.78 is 0. The predicted molar refractivity (Wildman–Crippen MR) is 149 cm³/mol. The number of benzene rings is 3. The molecule has 3 aromatic carbocycles. The van der Waals surface area contributed by atoms with Crippen molar-refractivity contribution in [2.24, 2.45) is 11.8 Å². The van der Waals surface area contributed by atoms with Gasteiger partial charge in [-0.1, -0.05) is 71.2 Å². The van der Waals surface area contributed by atoms with Gasteiger partial charge in [-0.05, 0) is 48.5 Å². The average molecular weight is 578 g/mol. The van der Waals surface area contributed by atoms with Gasteiger partial charge < -0.3 is 4.90 Å². The van der Waals surface area contributed by atoms with Gasteiger partial charge in [0.1, 0.15) is 6.04 Å². The zero-order valence-corrected chi connectivity index (χ0v) is 22.4. The molecule has 2 amide bonds. The van der Waals surface area contributed by atoms with Gasteiger partial charge in [-0.25, -0.2) is 4.90 Å². The molecular weight excluding hydrogens is 559 g/mol. The molecule has 6 rings (SSSR count). The minimum absolute atomic E-state index is 0.139. The van der Waals surface area contributed by atoms with Crippen molar-refractivity contribution in [3.63, 3.8) is 0 Å². The van der Waals surface area contributed by atoms with Crippen LogP contribution in [0.5, 0.6) is 0 Å². The Labute approximate surface area is 239 Å². The van der Waals surface area contributed by atoms with Gasteiger partial charge in [0.2, 0.25) is 11.8 Å². The standard InChI is InChI=1S/C30H19Cl3N2O4/c31-19-8-6-17(7-9-19)28(37)26-25-24(29(38)35(30(25)39)22-11-10-20(32)15-21(22)33)23-14-18(12-13-34(23)26)27(36)16-4-2-1-3-5-16/h1-15,23-26H/t23-,24+,25-,26+/m1/s1. The molecule has 2 fully saturated rings. The predicted octanol–water partition coefficient (Wildman–Crippen LogP) is 6.02. The Bertz CT molecular complexity index is 1600. The van der Waals surface area contributed by atoms with Crippen molar-refractivity contribution in [3.05, 3.63) is 123 Å². The highest BCUT2D eigenvalue weighted by molar-refractivity contribution is 6.38. The van der Waals surface area contributed by atoms with E-state index in [4.69, 9.17) is 34.8 Å². The second-order valence-corrected chi connectivity index (χ2v) is 10.8. The Morgan fingerprint density at radius 3 is 2.10 bits per heavy atom. The summed E-state index contributed by atoms with van der Waals surface area (Å²) in [5, 5.41) is 0.962. The highest BCUT2D eigenvalue weighted by Gasteiger charge is 2.63. The van der Waals surface area contributed by atoms with Crippen molar-refractivity contribution in [1.82, 2.24) is 4.90 Å². The normalized spacial score (nSPS) is 23.5. The lowest BCUT2D eigenvalue weighted by molar-refractivity contribution is -0.123. The smallest absolute Gasteiger partial charge is 0.240 e. The number of anilines is 1. The zero-order valence-electron chi connectivity index (χ0n) is 20.1. The summed E-state index contributed by atoms with van der Waals surface area (Å²) in [4.78, 5) is 57.7. The molecule has 39 heavy (non-hydrogen) atoms. The fourth-order valence-electron chi connectivity index (χ4n) is 5.64. The number of ketones is 2. The number of hydrogen-bond donors (Lipinski definition) is 0. The van der Waals surface area contributed by atoms with E-state index in [1.54, 1.807) is 77.8 Å². The zero-order chi connectivity index (χ0) is 27.4. The number of carbonyl (C=O) groups is 4. The van der Waals surface area contributed by atoms with Crippen molar-refractivity contribution in [3.8, 4) is 0 Å². The Balaban J connectivity index is 1.44. The van der Waals surface area contributed by atoms with Crippen LogP contribution in [0.2, 0.25) is 15.1 Å². The highest BCUT2D eigenvalue weighted by atomic mass is 35.5. The van der Waals surface area contributed by atoms with Gasteiger partial charge in [-0.15, -0.1) is 0 Å². The first-order valence-corrected chi connectivity index (χ1v) is 13.3. The number of hydrogen-bond acceptors (Lipinski definition) is 5. The van der Waals surface area contributed by atoms with Crippen LogP contribution in [-0.4, -0.2) is 40.4 Å². The molecule has 3 aliphatic heterocycles. The molecule has 3 heterocycles. The van der Waals surface area contributed by atoms with E-state index in [9.17, 15) is 19.2 Å². The third kappa shape index (κ3) is 4.20. The second kappa shape index (κ2) is 9.79. The largest absolute Gasteiger partial charge is 0.359 e. The summed E-state index contributed by atoms with van der Waals surface area (Å²) in [6, 6.07) is 18.0. The van der Waals surface area contributed by atoms with Crippen molar-refractivity contribution in [2.75, 3.05) is 4.90 Å². The van der Waals surface area contributed by atoms with Crippen molar-refractivity contribution in [1.29, 1.82) is 0 Å². The second-order valence-electron chi connectivity index (χ2n) is 9.55. The summed E-state index contributed by atoms with van der Waals surface area (Å²) >= 11 is 18.5. The molecule has 4 atom stereocenters. The van der Waals surface area contributed by atoms with Crippen LogP contribution in [0.25, 0.3) is 0 Å². The SMILES string of the molecule is O=C(C1=C[C@@H]2[C@@H]3C(=O)N(c4ccc(Cl)cc4Cl)C(=O)[C@H]3[C@@H](C(=O)c3ccc(Cl)cc3)N2C=C1)c1ccccc1. The number of carbonyl (C=O) groups excluding carboxylic acids is 4. The molecule has 6 nitrogen and oxygen atoms in total. The average Bonchev–Trinajstić information content (AvgIpc) is 3.40. The summed E-state index contributed by atoms with van der Waals surface area (Å²) in [5.74, 6) is -3.48. The number of fused-ring (bicyclic) bond motifs is 3. The van der Waals surface area contributed by atoms with E-state index in [1.807, 2.05) is 6.07 Å². The van der Waals surface area contributed by atoms with E-state index >= 15 is 0 Å². The van der Waals surface area contributed by atoms with Crippen LogP contribution in [0.3, 0.4) is 0 Å². The first-order valence-electron chi connectivity index (χ1n) is 12.2. The number of amides is 2. The lowest BCUT2D eigenvalue weighted by Crippen LogP contribution is -2.46. The van der Waals surface area contributed by atoms with E-state index in [0.29, 0.717) is 26.7 Å². The van der Waals surface area contributed by atoms with Gasteiger partial charge in [-0.2, -0.15) is 0 Å². The maximum Gasteiger partial charge on any atom is 0.240 e. The molecule has 9 heteroatoms. The van der Waals surface area contributed by atoms with Gasteiger partial charge in [0.25, 0.3) is 0 Å². The van der Waals surface area contributed by atoms with Gasteiger partial charge in [0, 0.05) is 32.9 Å². The number of imide groups is 1. The molecule has 0 radical (unpaired) electrons. The van der Waals surface area contributed by atoms with E-state index in [0.717, 1.165) is 4.90 Å². The molecule has 3 aliphatic rings. The van der Waals surface area contributed by atoms with Crippen LogP contribution in [0.1, 0.15) is 20.7 Å². The van der Waals surface area contributed by atoms with Gasteiger partial charge in [-0.3, -0.25) is 19.2 Å². The fraction of sp³-hybridized carbons (Fsp3) is 0.133. The monoisotopic (exact) mass is 576 g/mol. The first kappa shape index (κ1) is 25.6. The molecule has 0 aliphatic carbocycles. The Kier molecular flexibility index (Phi) is 6.42. The van der Waals surface area contributed by atoms with E-state index in [-0.39, 0.29) is 22.3 Å². The summed E-state index contributed by atoms with van der Waals surface area (Å²) in [6.45, 7) is 0. The number of allylic oxidation sites excluding steroid dienone is 2. The minimum Gasteiger partial charge on any atom is -0.359 e.